The normalized spacial score (nSPS) is 27.1. The molecule has 6 rings (SSSR count). The SMILES string of the molecule is Cc1cc2[nH]c(C(=O)N3C4CCC(CC4)[C@@H]3C(=O)N[C@H](C[C@@H]3CCNC3=O)C(=O)CO)cc2s1. The lowest BCUT2D eigenvalue weighted by Gasteiger charge is -2.50. The summed E-state index contributed by atoms with van der Waals surface area (Å²) in [6, 6.07) is 2.21. The number of ketones is 1. The van der Waals surface area contributed by atoms with Crippen LogP contribution in [0.4, 0.5) is 0 Å². The summed E-state index contributed by atoms with van der Waals surface area (Å²) >= 11 is 1.61. The highest BCUT2D eigenvalue weighted by atomic mass is 32.1. The molecule has 0 unspecified atom stereocenters. The zero-order valence-corrected chi connectivity index (χ0v) is 20.0. The molecule has 9 nitrogen and oxygen atoms in total. The first-order valence-electron chi connectivity index (χ1n) is 12.0. The van der Waals surface area contributed by atoms with E-state index in [1.54, 1.807) is 16.2 Å². The number of rotatable bonds is 7. The van der Waals surface area contributed by atoms with Gasteiger partial charge in [-0.2, -0.15) is 0 Å². The fraction of sp³-hybridized carbons (Fsp3) is 0.583. The Bertz CT molecular complexity index is 1100. The fourth-order valence-electron chi connectivity index (χ4n) is 5.88. The van der Waals surface area contributed by atoms with E-state index in [2.05, 4.69) is 15.6 Å². The zero-order chi connectivity index (χ0) is 24.0. The van der Waals surface area contributed by atoms with Gasteiger partial charge in [0.1, 0.15) is 18.3 Å². The third kappa shape index (κ3) is 4.13. The van der Waals surface area contributed by atoms with E-state index in [1.807, 2.05) is 19.1 Å². The molecule has 3 saturated heterocycles. The highest BCUT2D eigenvalue weighted by molar-refractivity contribution is 7.19. The van der Waals surface area contributed by atoms with Gasteiger partial charge in [-0.15, -0.1) is 11.3 Å². The summed E-state index contributed by atoms with van der Waals surface area (Å²) < 4.78 is 1.01. The Morgan fingerprint density at radius 2 is 1.97 bits per heavy atom. The molecule has 0 radical (unpaired) electrons. The lowest BCUT2D eigenvalue weighted by atomic mass is 9.74. The van der Waals surface area contributed by atoms with Crippen LogP contribution in [-0.2, 0) is 14.4 Å². The number of aliphatic hydroxyl groups is 1. The van der Waals surface area contributed by atoms with Crippen molar-refractivity contribution in [3.8, 4) is 0 Å². The molecular weight excluding hydrogens is 456 g/mol. The van der Waals surface area contributed by atoms with E-state index in [1.165, 1.54) is 0 Å². The van der Waals surface area contributed by atoms with Crippen molar-refractivity contribution < 1.29 is 24.3 Å². The number of fused-ring (bicyclic) bond motifs is 4. The third-order valence-corrected chi connectivity index (χ3v) is 8.58. The van der Waals surface area contributed by atoms with Crippen LogP contribution in [0, 0.1) is 18.8 Å². The molecule has 0 spiro atoms. The summed E-state index contributed by atoms with van der Waals surface area (Å²) in [5.74, 6) is -1.59. The molecular formula is C24H30N4O5S. The van der Waals surface area contributed by atoms with Crippen LogP contribution in [0.2, 0.25) is 0 Å². The number of aryl methyl sites for hydroxylation is 1. The number of hydrogen-bond acceptors (Lipinski definition) is 6. The maximum Gasteiger partial charge on any atom is 0.271 e. The van der Waals surface area contributed by atoms with Crippen LogP contribution in [0.25, 0.3) is 10.2 Å². The van der Waals surface area contributed by atoms with Crippen LogP contribution < -0.4 is 10.6 Å². The van der Waals surface area contributed by atoms with Gasteiger partial charge in [0.15, 0.2) is 5.78 Å². The number of aromatic amines is 1. The maximum atomic E-state index is 13.6. The van der Waals surface area contributed by atoms with Gasteiger partial charge >= 0.3 is 0 Å². The summed E-state index contributed by atoms with van der Waals surface area (Å²) in [7, 11) is 0. The minimum Gasteiger partial charge on any atom is -0.389 e. The van der Waals surface area contributed by atoms with E-state index in [-0.39, 0.29) is 42.0 Å². The first-order chi connectivity index (χ1) is 16.4. The second-order valence-electron chi connectivity index (χ2n) is 9.74. The largest absolute Gasteiger partial charge is 0.389 e. The molecule has 4 fully saturated rings. The third-order valence-electron chi connectivity index (χ3n) is 7.59. The van der Waals surface area contributed by atoms with Crippen LogP contribution >= 0.6 is 11.3 Å². The van der Waals surface area contributed by atoms with E-state index < -0.39 is 24.5 Å². The van der Waals surface area contributed by atoms with Crippen molar-refractivity contribution in [1.82, 2.24) is 20.5 Å². The molecule has 3 aliphatic heterocycles. The minimum atomic E-state index is -0.956. The number of thiophene rings is 1. The first kappa shape index (κ1) is 23.0. The number of carbonyl (C=O) groups is 4. The molecule has 4 aliphatic rings. The highest BCUT2D eigenvalue weighted by Gasteiger charge is 2.48. The number of piperidine rings is 2. The molecule has 1 aliphatic carbocycles. The molecule has 1 saturated carbocycles. The smallest absolute Gasteiger partial charge is 0.271 e. The first-order valence-corrected chi connectivity index (χ1v) is 12.8. The molecule has 10 heteroatoms. The number of nitrogens with zero attached hydrogens (tertiary/aromatic N) is 1. The summed E-state index contributed by atoms with van der Waals surface area (Å²) in [6.45, 7) is 1.85. The van der Waals surface area contributed by atoms with Crippen LogP contribution in [0.3, 0.4) is 0 Å². The molecule has 182 valence electrons. The quantitative estimate of drug-likeness (QED) is 0.471. The van der Waals surface area contributed by atoms with Gasteiger partial charge in [0.05, 0.1) is 16.3 Å². The van der Waals surface area contributed by atoms with E-state index in [0.717, 1.165) is 40.8 Å². The highest BCUT2D eigenvalue weighted by Crippen LogP contribution is 2.41. The number of carbonyl (C=O) groups excluding carboxylic acids is 4. The van der Waals surface area contributed by atoms with Gasteiger partial charge in [-0.1, -0.05) is 0 Å². The lowest BCUT2D eigenvalue weighted by molar-refractivity contribution is -0.137. The Balaban J connectivity index is 1.38. The lowest BCUT2D eigenvalue weighted by Crippen LogP contribution is -2.64. The van der Waals surface area contributed by atoms with Crippen molar-refractivity contribution in [2.24, 2.45) is 11.8 Å². The van der Waals surface area contributed by atoms with Crippen molar-refractivity contribution in [2.75, 3.05) is 13.2 Å². The van der Waals surface area contributed by atoms with Gasteiger partial charge in [-0.25, -0.2) is 0 Å². The van der Waals surface area contributed by atoms with Crippen LogP contribution in [0.15, 0.2) is 12.1 Å². The Morgan fingerprint density at radius 3 is 2.62 bits per heavy atom. The Labute approximate surface area is 201 Å². The van der Waals surface area contributed by atoms with Crippen molar-refractivity contribution in [3.05, 3.63) is 22.7 Å². The number of Topliss-reactive ketones (excluding diaryl/α,β-unsaturated/α-hetero) is 1. The number of amides is 3. The zero-order valence-electron chi connectivity index (χ0n) is 19.1. The standard InChI is InChI=1S/C24H30N4O5S/c1-12-8-17-20(34-12)10-18(26-17)24(33)28-15-4-2-13(3-5-15)21(28)23(32)27-16(19(30)11-29)9-14-6-7-25-22(14)31/h8,10,13-16,21,26,29H,2-7,9,11H2,1H3,(H,25,31)(H,27,32)/t13?,14-,15?,16+,21+/m0/s1. The Kier molecular flexibility index (Phi) is 6.20. The van der Waals surface area contributed by atoms with Gasteiger partial charge < -0.3 is 25.6 Å². The van der Waals surface area contributed by atoms with Gasteiger partial charge in [-0.3, -0.25) is 19.2 Å². The van der Waals surface area contributed by atoms with Crippen molar-refractivity contribution in [2.45, 2.75) is 63.6 Å². The van der Waals surface area contributed by atoms with Crippen LogP contribution in [-0.4, -0.2) is 69.8 Å². The molecule has 2 aromatic rings. The predicted octanol–water partition coefficient (Wildman–Crippen LogP) is 1.49. The molecule has 2 bridgehead atoms. The summed E-state index contributed by atoms with van der Waals surface area (Å²) in [5.41, 5.74) is 1.38. The second kappa shape index (κ2) is 9.14. The number of hydrogen-bond donors (Lipinski definition) is 4. The average Bonchev–Trinajstić information content (AvgIpc) is 3.52. The molecule has 3 amide bonds. The van der Waals surface area contributed by atoms with Crippen molar-refractivity contribution in [3.63, 3.8) is 0 Å². The number of aliphatic hydroxyl groups excluding tert-OH is 1. The van der Waals surface area contributed by atoms with E-state index in [4.69, 9.17) is 0 Å². The minimum absolute atomic E-state index is 0.0203. The molecule has 5 heterocycles. The molecule has 2 aromatic heterocycles. The van der Waals surface area contributed by atoms with Crippen LogP contribution in [0.1, 0.15) is 53.9 Å². The summed E-state index contributed by atoms with van der Waals surface area (Å²) in [6.07, 6.45) is 4.17. The number of nitrogens with one attached hydrogen (secondary N) is 3. The Hall–Kier alpha value is -2.72. The van der Waals surface area contributed by atoms with Gasteiger partial charge in [0.25, 0.3) is 5.91 Å². The predicted molar refractivity (Wildman–Crippen MR) is 126 cm³/mol. The van der Waals surface area contributed by atoms with Crippen LogP contribution in [0.5, 0.6) is 0 Å². The monoisotopic (exact) mass is 486 g/mol. The molecule has 3 atom stereocenters. The number of aromatic nitrogens is 1. The molecule has 34 heavy (non-hydrogen) atoms. The molecule has 4 N–H and O–H groups in total. The van der Waals surface area contributed by atoms with Crippen molar-refractivity contribution in [1.29, 1.82) is 0 Å². The van der Waals surface area contributed by atoms with Crippen molar-refractivity contribution >= 4 is 45.1 Å². The van der Waals surface area contributed by atoms with Gasteiger partial charge in [0.2, 0.25) is 11.8 Å². The Morgan fingerprint density at radius 1 is 1.21 bits per heavy atom. The number of H-pyrrole nitrogens is 1. The van der Waals surface area contributed by atoms with Gasteiger partial charge in [0, 0.05) is 23.4 Å². The topological polar surface area (TPSA) is 132 Å². The summed E-state index contributed by atoms with van der Waals surface area (Å²) in [5, 5.41) is 15.0. The average molecular weight is 487 g/mol. The molecule has 0 aromatic carbocycles. The van der Waals surface area contributed by atoms with E-state index in [0.29, 0.717) is 18.7 Å². The van der Waals surface area contributed by atoms with E-state index in [9.17, 15) is 24.3 Å². The fourth-order valence-corrected chi connectivity index (χ4v) is 6.80. The van der Waals surface area contributed by atoms with E-state index >= 15 is 0 Å². The van der Waals surface area contributed by atoms with Gasteiger partial charge in [-0.05, 0) is 63.5 Å². The maximum absolute atomic E-state index is 13.6. The second-order valence-corrected chi connectivity index (χ2v) is 11.0. The summed E-state index contributed by atoms with van der Waals surface area (Å²) in [4.78, 5) is 57.7.